The van der Waals surface area contributed by atoms with Crippen molar-refractivity contribution in [1.29, 1.82) is 0 Å². The topological polar surface area (TPSA) is 94.3 Å². The fourth-order valence-corrected chi connectivity index (χ4v) is 6.79. The Kier molecular flexibility index (Phi) is 3.79. The molecule has 3 aliphatic carbocycles. The van der Waals surface area contributed by atoms with Crippen molar-refractivity contribution in [2.75, 3.05) is 26.8 Å². The van der Waals surface area contributed by atoms with Crippen LogP contribution in [-0.2, 0) is 21.3 Å². The number of rotatable bonds is 4. The van der Waals surface area contributed by atoms with Gasteiger partial charge in [-0.15, -0.1) is 0 Å². The zero-order valence-electron chi connectivity index (χ0n) is 17.6. The lowest BCUT2D eigenvalue weighted by molar-refractivity contribution is -0.283. The van der Waals surface area contributed by atoms with E-state index in [0.29, 0.717) is 37.4 Å². The molecule has 3 N–H and O–H groups in total. The van der Waals surface area contributed by atoms with Gasteiger partial charge in [-0.05, 0) is 57.2 Å². The number of aliphatic hydroxyl groups is 1. The highest BCUT2D eigenvalue weighted by atomic mass is 16.8. The van der Waals surface area contributed by atoms with Crippen molar-refractivity contribution in [1.82, 2.24) is 4.90 Å². The summed E-state index contributed by atoms with van der Waals surface area (Å²) in [7, 11) is 2.13. The number of hydrogen-bond donors (Lipinski definition) is 2. The van der Waals surface area contributed by atoms with Crippen molar-refractivity contribution < 1.29 is 24.1 Å². The standard InChI is InChI=1S/C23H30N2O5/c1-21-17-14-5-6-15(19(24)26)18(17)30-20(21)23(28-9-10-29-23)8-7-22(21,27)16(11-14)25(2)12-13-3-4-13/h5-6,13,16,20,27H,3-4,7-12H2,1-2H3,(H2,24,26). The molecule has 5 aliphatic rings. The number of likely N-dealkylation sites (N-methyl/N-ethyl adjacent to an activating group) is 1. The van der Waals surface area contributed by atoms with E-state index in [1.807, 2.05) is 6.07 Å². The monoisotopic (exact) mass is 414 g/mol. The van der Waals surface area contributed by atoms with Crippen molar-refractivity contribution in [3.8, 4) is 5.75 Å². The predicted octanol–water partition coefficient (Wildman–Crippen LogP) is 1.34. The van der Waals surface area contributed by atoms with Gasteiger partial charge in [0.25, 0.3) is 5.91 Å². The summed E-state index contributed by atoms with van der Waals surface area (Å²) in [5, 5.41) is 12.4. The lowest BCUT2D eigenvalue weighted by atomic mass is 9.51. The van der Waals surface area contributed by atoms with Crippen molar-refractivity contribution in [2.24, 2.45) is 11.7 Å². The van der Waals surface area contributed by atoms with Crippen LogP contribution in [0.3, 0.4) is 0 Å². The second-order valence-corrected chi connectivity index (χ2v) is 10.1. The van der Waals surface area contributed by atoms with E-state index in [1.165, 1.54) is 12.8 Å². The maximum Gasteiger partial charge on any atom is 0.252 e. The molecule has 2 aliphatic heterocycles. The second-order valence-electron chi connectivity index (χ2n) is 10.1. The minimum atomic E-state index is -1.02. The first-order valence-corrected chi connectivity index (χ1v) is 11.1. The largest absolute Gasteiger partial charge is 0.483 e. The van der Waals surface area contributed by atoms with E-state index in [9.17, 15) is 9.90 Å². The minimum absolute atomic E-state index is 0.0363. The van der Waals surface area contributed by atoms with Crippen LogP contribution < -0.4 is 10.5 Å². The van der Waals surface area contributed by atoms with E-state index in [0.717, 1.165) is 30.0 Å². The van der Waals surface area contributed by atoms with Gasteiger partial charge in [-0.25, -0.2) is 0 Å². The summed E-state index contributed by atoms with van der Waals surface area (Å²) in [4.78, 5) is 14.5. The van der Waals surface area contributed by atoms with Gasteiger partial charge in [0, 0.05) is 24.6 Å². The number of ether oxygens (including phenoxy) is 3. The molecule has 7 heteroatoms. The van der Waals surface area contributed by atoms with Gasteiger partial charge in [-0.3, -0.25) is 9.69 Å². The maximum atomic E-state index is 12.4. The van der Waals surface area contributed by atoms with Gasteiger partial charge in [-0.1, -0.05) is 6.07 Å². The van der Waals surface area contributed by atoms with Crippen LogP contribution in [0.15, 0.2) is 12.1 Å². The first-order chi connectivity index (χ1) is 14.3. The number of benzene rings is 1. The average molecular weight is 415 g/mol. The van der Waals surface area contributed by atoms with Gasteiger partial charge in [0.05, 0.1) is 29.8 Å². The Morgan fingerprint density at radius 2 is 2.00 bits per heavy atom. The van der Waals surface area contributed by atoms with Crippen LogP contribution in [0, 0.1) is 5.92 Å². The summed E-state index contributed by atoms with van der Waals surface area (Å²) in [6.07, 6.45) is 3.85. The maximum absolute atomic E-state index is 12.4. The highest BCUT2D eigenvalue weighted by Crippen LogP contribution is 2.64. The van der Waals surface area contributed by atoms with E-state index in [-0.39, 0.29) is 6.04 Å². The van der Waals surface area contributed by atoms with Crippen LogP contribution in [0.1, 0.15) is 54.1 Å². The lowest BCUT2D eigenvalue weighted by Gasteiger charge is -2.60. The molecule has 0 bridgehead atoms. The number of nitrogens with two attached hydrogens (primary N) is 1. The molecule has 4 atom stereocenters. The highest BCUT2D eigenvalue weighted by Gasteiger charge is 2.74. The van der Waals surface area contributed by atoms with Crippen LogP contribution in [0.5, 0.6) is 5.75 Å². The molecule has 6 rings (SSSR count). The van der Waals surface area contributed by atoms with Gasteiger partial charge < -0.3 is 25.1 Å². The van der Waals surface area contributed by atoms with Gasteiger partial charge >= 0.3 is 0 Å². The van der Waals surface area contributed by atoms with Crippen molar-refractivity contribution in [3.63, 3.8) is 0 Å². The molecule has 2 heterocycles. The molecule has 1 saturated heterocycles. The van der Waals surface area contributed by atoms with E-state index >= 15 is 0 Å². The van der Waals surface area contributed by atoms with Crippen molar-refractivity contribution >= 4 is 5.91 Å². The van der Waals surface area contributed by atoms with Gasteiger partial charge in [-0.2, -0.15) is 0 Å². The fraction of sp³-hybridized carbons (Fsp3) is 0.696. The first kappa shape index (κ1) is 19.0. The molecule has 1 amide bonds. The third kappa shape index (κ3) is 2.22. The molecule has 1 aromatic rings. The smallest absolute Gasteiger partial charge is 0.252 e. The molecule has 3 fully saturated rings. The zero-order valence-corrected chi connectivity index (χ0v) is 17.6. The number of carbonyl (C=O) groups is 1. The molecule has 2 saturated carbocycles. The van der Waals surface area contributed by atoms with Gasteiger partial charge in [0.15, 0.2) is 6.10 Å². The average Bonchev–Trinajstić information content (AvgIpc) is 3.27. The molecular formula is C23H30N2O5. The third-order valence-electron chi connectivity index (χ3n) is 8.46. The van der Waals surface area contributed by atoms with Crippen LogP contribution in [0.2, 0.25) is 0 Å². The van der Waals surface area contributed by atoms with Crippen LogP contribution in [-0.4, -0.2) is 66.3 Å². The summed E-state index contributed by atoms with van der Waals surface area (Å²) >= 11 is 0. The van der Waals surface area contributed by atoms with E-state index in [4.69, 9.17) is 19.9 Å². The Morgan fingerprint density at radius 1 is 1.27 bits per heavy atom. The Balaban J connectivity index is 1.54. The van der Waals surface area contributed by atoms with Crippen molar-refractivity contribution in [2.45, 2.75) is 68.0 Å². The van der Waals surface area contributed by atoms with Crippen LogP contribution in [0.25, 0.3) is 0 Å². The summed E-state index contributed by atoms with van der Waals surface area (Å²) in [5.74, 6) is -0.181. The lowest BCUT2D eigenvalue weighted by Crippen LogP contribution is -2.75. The minimum Gasteiger partial charge on any atom is -0.483 e. The quantitative estimate of drug-likeness (QED) is 0.772. The zero-order chi connectivity index (χ0) is 20.9. The SMILES string of the molecule is CN(CC1CC1)C1Cc2ccc(C(N)=O)c3c2C2(C)C(O3)C3(CCC12O)OCCO3. The summed E-state index contributed by atoms with van der Waals surface area (Å²) in [6.45, 7) is 4.08. The highest BCUT2D eigenvalue weighted by molar-refractivity contribution is 5.97. The van der Waals surface area contributed by atoms with Crippen LogP contribution in [0.4, 0.5) is 0 Å². The van der Waals surface area contributed by atoms with Gasteiger partial charge in [0.2, 0.25) is 5.79 Å². The van der Waals surface area contributed by atoms with Crippen molar-refractivity contribution in [3.05, 3.63) is 28.8 Å². The number of carbonyl (C=O) groups excluding carboxylic acids is 1. The number of hydrogen-bond acceptors (Lipinski definition) is 6. The van der Waals surface area contributed by atoms with E-state index < -0.39 is 28.8 Å². The predicted molar refractivity (Wildman–Crippen MR) is 108 cm³/mol. The molecule has 30 heavy (non-hydrogen) atoms. The number of nitrogens with zero attached hydrogens (tertiary/aromatic N) is 1. The molecule has 1 spiro atoms. The van der Waals surface area contributed by atoms with Crippen LogP contribution >= 0.6 is 0 Å². The first-order valence-electron chi connectivity index (χ1n) is 11.1. The summed E-state index contributed by atoms with van der Waals surface area (Å²) in [6, 6.07) is 3.72. The Labute approximate surface area is 176 Å². The molecule has 0 aromatic heterocycles. The summed E-state index contributed by atoms with van der Waals surface area (Å²) < 4.78 is 18.8. The Hall–Kier alpha value is -1.67. The Bertz CT molecular complexity index is 924. The third-order valence-corrected chi connectivity index (χ3v) is 8.46. The molecule has 0 radical (unpaired) electrons. The van der Waals surface area contributed by atoms with Gasteiger partial charge in [0.1, 0.15) is 5.75 Å². The van der Waals surface area contributed by atoms with E-state index in [1.54, 1.807) is 6.07 Å². The molecule has 1 aromatic carbocycles. The normalized spacial score (nSPS) is 38.0. The van der Waals surface area contributed by atoms with E-state index in [2.05, 4.69) is 18.9 Å². The second kappa shape index (κ2) is 5.97. The molecule has 7 nitrogen and oxygen atoms in total. The fourth-order valence-electron chi connectivity index (χ4n) is 6.79. The summed E-state index contributed by atoms with van der Waals surface area (Å²) in [5.41, 5.74) is 6.31. The molecule has 162 valence electrons. The number of fused-ring (bicyclic) bond motifs is 1. The number of primary amides is 1. The number of amides is 1. The Morgan fingerprint density at radius 3 is 2.67 bits per heavy atom. The molecular weight excluding hydrogens is 384 g/mol. The molecule has 4 unspecified atom stereocenters.